The third-order valence-corrected chi connectivity index (χ3v) is 2.77. The molecular formula is C14H9FN2O. The minimum Gasteiger partial charge on any atom is -0.267 e. The van der Waals surface area contributed by atoms with Gasteiger partial charge in [-0.3, -0.25) is 4.79 Å². The van der Waals surface area contributed by atoms with E-state index in [4.69, 9.17) is 0 Å². The minimum atomic E-state index is -0.340. The van der Waals surface area contributed by atoms with Crippen LogP contribution in [0.5, 0.6) is 0 Å². The molecule has 3 nitrogen and oxygen atoms in total. The zero-order valence-corrected chi connectivity index (χ0v) is 9.38. The van der Waals surface area contributed by atoms with Crippen molar-refractivity contribution in [2.75, 3.05) is 0 Å². The number of hydrogen-bond donors (Lipinski definition) is 0. The van der Waals surface area contributed by atoms with Crippen LogP contribution in [0.1, 0.15) is 0 Å². The van der Waals surface area contributed by atoms with Crippen LogP contribution in [0.15, 0.2) is 59.5 Å². The highest BCUT2D eigenvalue weighted by Crippen LogP contribution is 2.10. The van der Waals surface area contributed by atoms with Crippen molar-refractivity contribution in [2.45, 2.75) is 0 Å². The molecule has 3 rings (SSSR count). The van der Waals surface area contributed by atoms with Crippen LogP contribution in [0, 0.1) is 5.82 Å². The molecule has 0 saturated heterocycles. The van der Waals surface area contributed by atoms with Crippen LogP contribution in [0.4, 0.5) is 4.39 Å². The first-order chi connectivity index (χ1) is 8.75. The molecule has 0 spiro atoms. The van der Waals surface area contributed by atoms with E-state index < -0.39 is 0 Å². The van der Waals surface area contributed by atoms with Crippen LogP contribution in [-0.4, -0.2) is 9.78 Å². The molecule has 0 bridgehead atoms. The molecule has 88 valence electrons. The second-order valence-corrected chi connectivity index (χ2v) is 3.93. The highest BCUT2D eigenvalue weighted by molar-refractivity contribution is 5.80. The van der Waals surface area contributed by atoms with Gasteiger partial charge in [-0.25, -0.2) is 4.39 Å². The van der Waals surface area contributed by atoms with Crippen LogP contribution in [0.25, 0.3) is 16.5 Å². The summed E-state index contributed by atoms with van der Waals surface area (Å²) in [5.41, 5.74) is 0.340. The standard InChI is InChI=1S/C14H9FN2O/c15-11-5-7-12(8-6-11)17-14(18)13-4-2-1-3-10(13)9-16-17/h1-9H. The van der Waals surface area contributed by atoms with Gasteiger partial charge < -0.3 is 0 Å². The molecule has 2 aromatic carbocycles. The quantitative estimate of drug-likeness (QED) is 0.655. The van der Waals surface area contributed by atoms with Gasteiger partial charge in [0.15, 0.2) is 0 Å². The zero-order chi connectivity index (χ0) is 12.5. The van der Waals surface area contributed by atoms with Crippen LogP contribution in [-0.2, 0) is 0 Å². The lowest BCUT2D eigenvalue weighted by atomic mass is 10.2. The molecule has 4 heteroatoms. The van der Waals surface area contributed by atoms with Gasteiger partial charge in [0, 0.05) is 5.39 Å². The fraction of sp³-hybridized carbons (Fsp3) is 0. The molecule has 0 atom stereocenters. The molecule has 0 saturated carbocycles. The Morgan fingerprint density at radius 1 is 1.00 bits per heavy atom. The van der Waals surface area contributed by atoms with Gasteiger partial charge in [0.1, 0.15) is 5.82 Å². The van der Waals surface area contributed by atoms with Gasteiger partial charge in [0.05, 0.1) is 17.3 Å². The largest absolute Gasteiger partial charge is 0.279 e. The summed E-state index contributed by atoms with van der Waals surface area (Å²) < 4.78 is 14.1. The Hall–Kier alpha value is -2.49. The summed E-state index contributed by atoms with van der Waals surface area (Å²) in [5.74, 6) is -0.340. The van der Waals surface area contributed by atoms with E-state index in [1.165, 1.54) is 28.9 Å². The molecule has 1 aromatic heterocycles. The minimum absolute atomic E-state index is 0.209. The predicted molar refractivity (Wildman–Crippen MR) is 67.3 cm³/mol. The average molecular weight is 240 g/mol. The summed E-state index contributed by atoms with van der Waals surface area (Å²) in [5, 5.41) is 5.47. The van der Waals surface area contributed by atoms with Crippen molar-refractivity contribution in [1.29, 1.82) is 0 Å². The van der Waals surface area contributed by atoms with Crippen LogP contribution in [0.3, 0.4) is 0 Å². The van der Waals surface area contributed by atoms with E-state index in [9.17, 15) is 9.18 Å². The summed E-state index contributed by atoms with van der Waals surface area (Å²) in [6, 6.07) is 12.9. The van der Waals surface area contributed by atoms with E-state index in [1.54, 1.807) is 18.3 Å². The Kier molecular flexibility index (Phi) is 2.41. The lowest BCUT2D eigenvalue weighted by Gasteiger charge is -2.05. The van der Waals surface area contributed by atoms with Crippen molar-refractivity contribution in [3.05, 3.63) is 70.9 Å². The number of fused-ring (bicyclic) bond motifs is 1. The first-order valence-electron chi connectivity index (χ1n) is 5.49. The van der Waals surface area contributed by atoms with E-state index in [2.05, 4.69) is 5.10 Å². The molecule has 0 aliphatic carbocycles. The number of rotatable bonds is 1. The molecule has 1 heterocycles. The smallest absolute Gasteiger partial charge is 0.267 e. The van der Waals surface area contributed by atoms with Gasteiger partial charge in [0.25, 0.3) is 5.56 Å². The van der Waals surface area contributed by atoms with Gasteiger partial charge >= 0.3 is 0 Å². The fourth-order valence-electron chi connectivity index (χ4n) is 1.86. The molecule has 0 amide bonds. The van der Waals surface area contributed by atoms with Gasteiger partial charge in [0.2, 0.25) is 0 Å². The van der Waals surface area contributed by atoms with Crippen LogP contribution in [0.2, 0.25) is 0 Å². The van der Waals surface area contributed by atoms with Crippen LogP contribution < -0.4 is 5.56 Å². The molecule has 0 radical (unpaired) electrons. The SMILES string of the molecule is O=c1c2ccccc2cnn1-c1ccc(F)cc1. The highest BCUT2D eigenvalue weighted by Gasteiger charge is 2.05. The second-order valence-electron chi connectivity index (χ2n) is 3.93. The van der Waals surface area contributed by atoms with E-state index in [0.717, 1.165) is 5.39 Å². The fourth-order valence-corrected chi connectivity index (χ4v) is 1.86. The first kappa shape index (κ1) is 10.7. The maximum atomic E-state index is 12.8. The Bertz CT molecular complexity index is 763. The predicted octanol–water partition coefficient (Wildman–Crippen LogP) is 2.52. The molecule has 0 N–H and O–H groups in total. The maximum Gasteiger partial charge on any atom is 0.279 e. The van der Waals surface area contributed by atoms with Crippen molar-refractivity contribution in [2.24, 2.45) is 0 Å². The van der Waals surface area contributed by atoms with Crippen molar-refractivity contribution in [3.8, 4) is 5.69 Å². The molecule has 0 fully saturated rings. The van der Waals surface area contributed by atoms with E-state index in [1.807, 2.05) is 12.1 Å². The van der Waals surface area contributed by atoms with Gasteiger partial charge in [-0.05, 0) is 30.3 Å². The van der Waals surface area contributed by atoms with E-state index in [0.29, 0.717) is 11.1 Å². The van der Waals surface area contributed by atoms with Crippen LogP contribution >= 0.6 is 0 Å². The Labute approximate surface area is 102 Å². The molecular weight excluding hydrogens is 231 g/mol. The number of nitrogens with zero attached hydrogens (tertiary/aromatic N) is 2. The number of aromatic nitrogens is 2. The third kappa shape index (κ3) is 1.68. The summed E-state index contributed by atoms with van der Waals surface area (Å²) in [6.07, 6.45) is 1.63. The van der Waals surface area contributed by atoms with Crippen molar-refractivity contribution in [1.82, 2.24) is 9.78 Å². The van der Waals surface area contributed by atoms with E-state index >= 15 is 0 Å². The second kappa shape index (κ2) is 4.07. The molecule has 0 aliphatic rings. The summed E-state index contributed by atoms with van der Waals surface area (Å²) >= 11 is 0. The lowest BCUT2D eigenvalue weighted by molar-refractivity contribution is 0.626. The Morgan fingerprint density at radius 3 is 2.50 bits per heavy atom. The molecule has 0 aliphatic heterocycles. The van der Waals surface area contributed by atoms with Gasteiger partial charge in [-0.2, -0.15) is 9.78 Å². The molecule has 18 heavy (non-hydrogen) atoms. The van der Waals surface area contributed by atoms with Crippen molar-refractivity contribution in [3.63, 3.8) is 0 Å². The number of benzene rings is 2. The van der Waals surface area contributed by atoms with E-state index in [-0.39, 0.29) is 11.4 Å². The summed E-state index contributed by atoms with van der Waals surface area (Å²) in [6.45, 7) is 0. The molecule has 3 aromatic rings. The Balaban J connectivity index is 2.27. The Morgan fingerprint density at radius 2 is 1.72 bits per heavy atom. The average Bonchev–Trinajstić information content (AvgIpc) is 2.41. The lowest BCUT2D eigenvalue weighted by Crippen LogP contribution is -2.20. The topological polar surface area (TPSA) is 34.9 Å². The number of halogens is 1. The first-order valence-corrected chi connectivity index (χ1v) is 5.49. The van der Waals surface area contributed by atoms with Crippen molar-refractivity contribution >= 4 is 10.8 Å². The summed E-state index contributed by atoms with van der Waals surface area (Å²) in [7, 11) is 0. The highest BCUT2D eigenvalue weighted by atomic mass is 19.1. The normalized spacial score (nSPS) is 10.7. The van der Waals surface area contributed by atoms with Gasteiger partial charge in [-0.15, -0.1) is 0 Å². The molecule has 0 unspecified atom stereocenters. The number of hydrogen-bond acceptors (Lipinski definition) is 2. The monoisotopic (exact) mass is 240 g/mol. The third-order valence-electron chi connectivity index (χ3n) is 2.77. The zero-order valence-electron chi connectivity index (χ0n) is 9.38. The summed E-state index contributed by atoms with van der Waals surface area (Å²) in [4.78, 5) is 12.2. The van der Waals surface area contributed by atoms with Gasteiger partial charge in [-0.1, -0.05) is 18.2 Å². The van der Waals surface area contributed by atoms with Crippen molar-refractivity contribution < 1.29 is 4.39 Å². The maximum absolute atomic E-state index is 12.8.